The maximum Gasteiger partial charge on any atom is 0.313 e. The molecule has 0 aliphatic rings. The van der Waals surface area contributed by atoms with Crippen molar-refractivity contribution < 1.29 is 14.4 Å². The van der Waals surface area contributed by atoms with E-state index in [9.17, 15) is 14.4 Å². The molecule has 0 fully saturated rings. The van der Waals surface area contributed by atoms with Crippen LogP contribution in [0, 0.1) is 0 Å². The van der Waals surface area contributed by atoms with E-state index in [-0.39, 0.29) is 18.9 Å². The predicted octanol–water partition coefficient (Wildman–Crippen LogP) is 1.50. The Bertz CT molecular complexity index is 735. The van der Waals surface area contributed by atoms with Gasteiger partial charge in [0.25, 0.3) is 0 Å². The number of anilines is 1. The van der Waals surface area contributed by atoms with Crippen molar-refractivity contribution in [1.82, 2.24) is 15.6 Å². The fraction of sp³-hybridized carbons (Fsp3) is 0.176. The first kappa shape index (κ1) is 18.4. The summed E-state index contributed by atoms with van der Waals surface area (Å²) in [6, 6.07) is 9.96. The summed E-state index contributed by atoms with van der Waals surface area (Å²) in [6.07, 6.45) is 3.35. The Kier molecular flexibility index (Phi) is 6.91. The van der Waals surface area contributed by atoms with Crippen molar-refractivity contribution in [2.45, 2.75) is 13.0 Å². The molecule has 3 N–H and O–H groups in total. The Balaban J connectivity index is 1.66. The average molecular weight is 361 g/mol. The lowest BCUT2D eigenvalue weighted by Gasteiger charge is -2.07. The van der Waals surface area contributed by atoms with Gasteiger partial charge in [-0.2, -0.15) is 0 Å². The van der Waals surface area contributed by atoms with E-state index >= 15 is 0 Å². The quantitative estimate of drug-likeness (QED) is 0.679. The minimum atomic E-state index is -0.808. The molecule has 1 aromatic heterocycles. The Morgan fingerprint density at radius 1 is 0.920 bits per heavy atom. The smallest absolute Gasteiger partial charge is 0.313 e. The number of pyridine rings is 1. The zero-order valence-electron chi connectivity index (χ0n) is 13.3. The summed E-state index contributed by atoms with van der Waals surface area (Å²) in [5.41, 5.74) is 1.38. The number of carbonyl (C=O) groups is 3. The van der Waals surface area contributed by atoms with E-state index in [1.165, 1.54) is 0 Å². The summed E-state index contributed by atoms with van der Waals surface area (Å²) in [5, 5.41) is 8.08. The molecule has 8 heteroatoms. The predicted molar refractivity (Wildman–Crippen MR) is 93.8 cm³/mol. The molecule has 2 aromatic rings. The SMILES string of the molecule is O=C(CCNC(=O)C(=O)Nc1ccc(Cl)cc1)NCc1ccncc1. The fourth-order valence-electron chi connectivity index (χ4n) is 1.88. The van der Waals surface area contributed by atoms with Gasteiger partial charge in [0.2, 0.25) is 5.91 Å². The molecule has 0 bridgehead atoms. The van der Waals surface area contributed by atoms with E-state index in [1.54, 1.807) is 48.8 Å². The van der Waals surface area contributed by atoms with Crippen LogP contribution in [0.5, 0.6) is 0 Å². The molecule has 25 heavy (non-hydrogen) atoms. The molecule has 0 saturated carbocycles. The van der Waals surface area contributed by atoms with Crippen LogP contribution in [0.1, 0.15) is 12.0 Å². The molecule has 0 aliphatic carbocycles. The number of nitrogens with one attached hydrogen (secondary N) is 3. The summed E-state index contributed by atoms with van der Waals surface area (Å²) in [5.74, 6) is -1.84. The van der Waals surface area contributed by atoms with Crippen LogP contribution >= 0.6 is 11.6 Å². The molecular formula is C17H17ClN4O3. The Hall–Kier alpha value is -2.93. The standard InChI is InChI=1S/C17H17ClN4O3/c18-13-1-3-14(4-2-13)22-17(25)16(24)20-10-7-15(23)21-11-12-5-8-19-9-6-12/h1-6,8-9H,7,10-11H2,(H,20,24)(H,21,23)(H,22,25). The Morgan fingerprint density at radius 2 is 1.60 bits per heavy atom. The van der Waals surface area contributed by atoms with E-state index in [0.717, 1.165) is 5.56 Å². The van der Waals surface area contributed by atoms with E-state index in [4.69, 9.17) is 11.6 Å². The second-order valence-corrected chi connectivity index (χ2v) is 5.54. The molecule has 0 saturated heterocycles. The molecule has 7 nitrogen and oxygen atoms in total. The zero-order valence-corrected chi connectivity index (χ0v) is 14.0. The molecule has 1 aromatic carbocycles. The summed E-state index contributed by atoms with van der Waals surface area (Å²) in [7, 11) is 0. The van der Waals surface area contributed by atoms with Crippen LogP contribution in [0.3, 0.4) is 0 Å². The lowest BCUT2D eigenvalue weighted by atomic mass is 10.2. The van der Waals surface area contributed by atoms with Crippen LogP contribution in [-0.4, -0.2) is 29.3 Å². The minimum Gasteiger partial charge on any atom is -0.352 e. The molecule has 0 aliphatic heterocycles. The lowest BCUT2D eigenvalue weighted by Crippen LogP contribution is -2.37. The summed E-state index contributed by atoms with van der Waals surface area (Å²) in [4.78, 5) is 39.0. The Labute approximate surface area is 149 Å². The fourth-order valence-corrected chi connectivity index (χ4v) is 2.01. The highest BCUT2D eigenvalue weighted by Crippen LogP contribution is 2.13. The van der Waals surface area contributed by atoms with Crippen LogP contribution in [0.2, 0.25) is 5.02 Å². The lowest BCUT2D eigenvalue weighted by molar-refractivity contribution is -0.136. The van der Waals surface area contributed by atoms with Gasteiger partial charge < -0.3 is 16.0 Å². The number of halogens is 1. The highest BCUT2D eigenvalue weighted by molar-refractivity contribution is 6.39. The summed E-state index contributed by atoms with van der Waals surface area (Å²) >= 11 is 5.74. The maximum absolute atomic E-state index is 11.7. The number of amides is 3. The van der Waals surface area contributed by atoms with Gasteiger partial charge >= 0.3 is 11.8 Å². The van der Waals surface area contributed by atoms with E-state index in [2.05, 4.69) is 20.9 Å². The third-order valence-corrected chi connectivity index (χ3v) is 3.44. The number of carbonyl (C=O) groups excluding carboxylic acids is 3. The van der Waals surface area contributed by atoms with Crippen LogP contribution in [0.15, 0.2) is 48.8 Å². The number of hydrogen-bond acceptors (Lipinski definition) is 4. The number of nitrogens with zero attached hydrogens (tertiary/aromatic N) is 1. The molecular weight excluding hydrogens is 344 g/mol. The van der Waals surface area contributed by atoms with Crippen molar-refractivity contribution in [3.05, 3.63) is 59.4 Å². The monoisotopic (exact) mass is 360 g/mol. The zero-order chi connectivity index (χ0) is 18.1. The second-order valence-electron chi connectivity index (χ2n) is 5.10. The maximum atomic E-state index is 11.7. The van der Waals surface area contributed by atoms with Gasteiger partial charge in [-0.05, 0) is 42.0 Å². The molecule has 130 valence electrons. The van der Waals surface area contributed by atoms with Crippen molar-refractivity contribution in [1.29, 1.82) is 0 Å². The highest BCUT2D eigenvalue weighted by Gasteiger charge is 2.13. The van der Waals surface area contributed by atoms with Crippen molar-refractivity contribution in [2.24, 2.45) is 0 Å². The van der Waals surface area contributed by atoms with Crippen LogP contribution < -0.4 is 16.0 Å². The summed E-state index contributed by atoms with van der Waals surface area (Å²) in [6.45, 7) is 0.446. The van der Waals surface area contributed by atoms with Gasteiger partial charge in [-0.1, -0.05) is 11.6 Å². The minimum absolute atomic E-state index is 0.0645. The average Bonchev–Trinajstić information content (AvgIpc) is 2.62. The number of aromatic nitrogens is 1. The Morgan fingerprint density at radius 3 is 2.28 bits per heavy atom. The number of benzene rings is 1. The molecule has 1 heterocycles. The topological polar surface area (TPSA) is 100 Å². The van der Waals surface area contributed by atoms with Crippen LogP contribution in [0.4, 0.5) is 5.69 Å². The van der Waals surface area contributed by atoms with Crippen LogP contribution in [-0.2, 0) is 20.9 Å². The van der Waals surface area contributed by atoms with Crippen molar-refractivity contribution in [2.75, 3.05) is 11.9 Å². The molecule has 0 radical (unpaired) electrons. The van der Waals surface area contributed by atoms with Crippen molar-refractivity contribution in [3.63, 3.8) is 0 Å². The molecule has 0 spiro atoms. The third kappa shape index (κ3) is 6.60. The van der Waals surface area contributed by atoms with Gasteiger partial charge in [0.05, 0.1) is 0 Å². The van der Waals surface area contributed by atoms with E-state index < -0.39 is 11.8 Å². The van der Waals surface area contributed by atoms with Crippen molar-refractivity contribution in [3.8, 4) is 0 Å². The molecule has 3 amide bonds. The van der Waals surface area contributed by atoms with Gasteiger partial charge in [-0.15, -0.1) is 0 Å². The summed E-state index contributed by atoms with van der Waals surface area (Å²) < 4.78 is 0. The number of hydrogen-bond donors (Lipinski definition) is 3. The first-order valence-corrected chi connectivity index (χ1v) is 7.93. The van der Waals surface area contributed by atoms with Gasteiger partial charge in [-0.3, -0.25) is 19.4 Å². The molecule has 0 unspecified atom stereocenters. The van der Waals surface area contributed by atoms with E-state index in [0.29, 0.717) is 17.3 Å². The first-order valence-electron chi connectivity index (χ1n) is 7.55. The van der Waals surface area contributed by atoms with Gasteiger partial charge in [0, 0.05) is 42.6 Å². The normalized spacial score (nSPS) is 9.96. The van der Waals surface area contributed by atoms with E-state index in [1.807, 2.05) is 0 Å². The molecule has 2 rings (SSSR count). The second kappa shape index (κ2) is 9.39. The van der Waals surface area contributed by atoms with Gasteiger partial charge in [0.15, 0.2) is 0 Å². The van der Waals surface area contributed by atoms with Gasteiger partial charge in [-0.25, -0.2) is 0 Å². The van der Waals surface area contributed by atoms with Crippen LogP contribution in [0.25, 0.3) is 0 Å². The first-order chi connectivity index (χ1) is 12.0. The number of rotatable bonds is 6. The largest absolute Gasteiger partial charge is 0.352 e. The van der Waals surface area contributed by atoms with Crippen molar-refractivity contribution >= 4 is 35.0 Å². The van der Waals surface area contributed by atoms with Gasteiger partial charge in [0.1, 0.15) is 0 Å². The molecule has 0 atom stereocenters. The third-order valence-electron chi connectivity index (χ3n) is 3.18. The highest BCUT2D eigenvalue weighted by atomic mass is 35.5.